The second-order valence-corrected chi connectivity index (χ2v) is 5.43. The lowest BCUT2D eigenvalue weighted by Crippen LogP contribution is -2.24. The van der Waals surface area contributed by atoms with Gasteiger partial charge in [-0.2, -0.15) is 0 Å². The van der Waals surface area contributed by atoms with Crippen LogP contribution in [0.4, 0.5) is 4.39 Å². The number of hydrogen-bond acceptors (Lipinski definition) is 2. The maximum Gasteiger partial charge on any atom is 0.252 e. The SMILES string of the molecule is CCc1cccnc1CNC(=O)c1ccc(F)cc1I. The zero-order chi connectivity index (χ0) is 14.5. The lowest BCUT2D eigenvalue weighted by Gasteiger charge is -2.09. The summed E-state index contributed by atoms with van der Waals surface area (Å²) >= 11 is 1.95. The molecular formula is C15H14FIN2O. The van der Waals surface area contributed by atoms with Crippen LogP contribution in [0, 0.1) is 9.39 Å². The first kappa shape index (κ1) is 14.9. The molecule has 1 aromatic heterocycles. The number of carbonyl (C=O) groups is 1. The number of nitrogens with one attached hydrogen (secondary N) is 1. The summed E-state index contributed by atoms with van der Waals surface area (Å²) in [4.78, 5) is 16.4. The van der Waals surface area contributed by atoms with Gasteiger partial charge in [-0.3, -0.25) is 9.78 Å². The van der Waals surface area contributed by atoms with Gasteiger partial charge >= 0.3 is 0 Å². The molecule has 104 valence electrons. The fraction of sp³-hybridized carbons (Fsp3) is 0.200. The molecule has 0 aliphatic carbocycles. The Morgan fingerprint density at radius 3 is 2.90 bits per heavy atom. The molecular weight excluding hydrogens is 370 g/mol. The number of hydrogen-bond donors (Lipinski definition) is 1. The molecule has 0 radical (unpaired) electrons. The van der Waals surface area contributed by atoms with Crippen LogP contribution in [0.3, 0.4) is 0 Å². The van der Waals surface area contributed by atoms with E-state index in [0.717, 1.165) is 17.7 Å². The van der Waals surface area contributed by atoms with Crippen molar-refractivity contribution in [2.45, 2.75) is 19.9 Å². The van der Waals surface area contributed by atoms with Crippen LogP contribution in [0.1, 0.15) is 28.5 Å². The van der Waals surface area contributed by atoms with Gasteiger partial charge in [0.25, 0.3) is 5.91 Å². The second kappa shape index (κ2) is 6.78. The number of halogens is 2. The summed E-state index contributed by atoms with van der Waals surface area (Å²) < 4.78 is 13.6. The Bertz CT molecular complexity index is 631. The molecule has 0 fully saturated rings. The molecule has 3 nitrogen and oxygen atoms in total. The standard InChI is InChI=1S/C15H14FIN2O/c1-2-10-4-3-7-18-14(10)9-19-15(20)12-6-5-11(16)8-13(12)17/h3-8H,2,9H2,1H3,(H,19,20). The molecule has 5 heteroatoms. The Labute approximate surface area is 130 Å². The van der Waals surface area contributed by atoms with Crippen molar-refractivity contribution >= 4 is 28.5 Å². The molecule has 0 saturated heterocycles. The van der Waals surface area contributed by atoms with E-state index in [1.165, 1.54) is 18.2 Å². The zero-order valence-electron chi connectivity index (χ0n) is 11.0. The van der Waals surface area contributed by atoms with Crippen molar-refractivity contribution in [3.05, 3.63) is 62.7 Å². The maximum absolute atomic E-state index is 13.0. The molecule has 0 bridgehead atoms. The molecule has 1 amide bonds. The first-order valence-corrected chi connectivity index (χ1v) is 7.35. The van der Waals surface area contributed by atoms with E-state index in [4.69, 9.17) is 0 Å². The molecule has 1 heterocycles. The average Bonchev–Trinajstić information content (AvgIpc) is 2.45. The summed E-state index contributed by atoms with van der Waals surface area (Å²) in [6.07, 6.45) is 2.58. The predicted octanol–water partition coefficient (Wildman–Crippen LogP) is 3.32. The van der Waals surface area contributed by atoms with E-state index in [2.05, 4.69) is 10.3 Å². The minimum absolute atomic E-state index is 0.220. The molecule has 2 rings (SSSR count). The number of rotatable bonds is 4. The molecule has 1 aromatic carbocycles. The number of aryl methyl sites for hydroxylation is 1. The summed E-state index contributed by atoms with van der Waals surface area (Å²) in [5, 5.41) is 2.82. The van der Waals surface area contributed by atoms with Crippen LogP contribution in [-0.4, -0.2) is 10.9 Å². The Balaban J connectivity index is 2.09. The van der Waals surface area contributed by atoms with E-state index in [1.54, 1.807) is 6.20 Å². The van der Waals surface area contributed by atoms with Gasteiger partial charge in [0.15, 0.2) is 0 Å². The Morgan fingerprint density at radius 2 is 2.20 bits per heavy atom. The normalized spacial score (nSPS) is 10.3. The number of amides is 1. The molecule has 0 aliphatic rings. The van der Waals surface area contributed by atoms with Crippen molar-refractivity contribution in [2.75, 3.05) is 0 Å². The summed E-state index contributed by atoms with van der Waals surface area (Å²) in [6.45, 7) is 2.42. The Morgan fingerprint density at radius 1 is 1.40 bits per heavy atom. The van der Waals surface area contributed by atoms with Gasteiger partial charge in [-0.05, 0) is 58.8 Å². The van der Waals surface area contributed by atoms with Crippen molar-refractivity contribution in [3.63, 3.8) is 0 Å². The van der Waals surface area contributed by atoms with Crippen molar-refractivity contribution < 1.29 is 9.18 Å². The van der Waals surface area contributed by atoms with E-state index >= 15 is 0 Å². The van der Waals surface area contributed by atoms with Crippen molar-refractivity contribution in [2.24, 2.45) is 0 Å². The third-order valence-electron chi connectivity index (χ3n) is 2.96. The van der Waals surface area contributed by atoms with Gasteiger partial charge in [-0.1, -0.05) is 13.0 Å². The summed E-state index contributed by atoms with van der Waals surface area (Å²) in [5.74, 6) is -0.564. The van der Waals surface area contributed by atoms with Crippen molar-refractivity contribution in [1.29, 1.82) is 0 Å². The van der Waals surface area contributed by atoms with E-state index in [9.17, 15) is 9.18 Å². The van der Waals surface area contributed by atoms with Gasteiger partial charge in [0.05, 0.1) is 17.8 Å². The van der Waals surface area contributed by atoms with Crippen LogP contribution in [0.25, 0.3) is 0 Å². The third kappa shape index (κ3) is 3.53. The predicted molar refractivity (Wildman–Crippen MR) is 83.9 cm³/mol. The molecule has 0 atom stereocenters. The molecule has 0 saturated carbocycles. The molecule has 0 aliphatic heterocycles. The molecule has 0 spiro atoms. The highest BCUT2D eigenvalue weighted by Crippen LogP contribution is 2.14. The van der Waals surface area contributed by atoms with Crippen molar-refractivity contribution in [3.8, 4) is 0 Å². The number of aromatic nitrogens is 1. The van der Waals surface area contributed by atoms with Gasteiger partial charge in [0, 0.05) is 9.77 Å². The fourth-order valence-corrected chi connectivity index (χ4v) is 2.61. The highest BCUT2D eigenvalue weighted by molar-refractivity contribution is 14.1. The summed E-state index contributed by atoms with van der Waals surface area (Å²) in [5.41, 5.74) is 2.45. The van der Waals surface area contributed by atoms with Gasteiger partial charge in [0.2, 0.25) is 0 Å². The molecule has 1 N–H and O–H groups in total. The van der Waals surface area contributed by atoms with E-state index in [0.29, 0.717) is 15.7 Å². The second-order valence-electron chi connectivity index (χ2n) is 4.27. The van der Waals surface area contributed by atoms with Crippen molar-refractivity contribution in [1.82, 2.24) is 10.3 Å². The van der Waals surface area contributed by atoms with Crippen LogP contribution in [-0.2, 0) is 13.0 Å². The minimum atomic E-state index is -0.344. The highest BCUT2D eigenvalue weighted by atomic mass is 127. The third-order valence-corrected chi connectivity index (χ3v) is 3.85. The van der Waals surface area contributed by atoms with Gasteiger partial charge < -0.3 is 5.32 Å². The average molecular weight is 384 g/mol. The summed E-state index contributed by atoms with van der Waals surface area (Å²) in [6, 6.07) is 8.00. The minimum Gasteiger partial charge on any atom is -0.346 e. The first-order chi connectivity index (χ1) is 9.61. The Hall–Kier alpha value is -1.50. The smallest absolute Gasteiger partial charge is 0.252 e. The van der Waals surface area contributed by atoms with Crippen LogP contribution in [0.2, 0.25) is 0 Å². The molecule has 20 heavy (non-hydrogen) atoms. The summed E-state index contributed by atoms with van der Waals surface area (Å²) in [7, 11) is 0. The fourth-order valence-electron chi connectivity index (χ4n) is 1.89. The van der Waals surface area contributed by atoms with Crippen LogP contribution in [0.5, 0.6) is 0 Å². The zero-order valence-corrected chi connectivity index (χ0v) is 13.1. The lowest BCUT2D eigenvalue weighted by molar-refractivity contribution is 0.0949. The monoisotopic (exact) mass is 384 g/mol. The van der Waals surface area contributed by atoms with E-state index in [1.807, 2.05) is 41.6 Å². The molecule has 2 aromatic rings. The van der Waals surface area contributed by atoms with E-state index < -0.39 is 0 Å². The number of pyridine rings is 1. The maximum atomic E-state index is 13.0. The van der Waals surface area contributed by atoms with Crippen LogP contribution in [0.15, 0.2) is 36.5 Å². The highest BCUT2D eigenvalue weighted by Gasteiger charge is 2.11. The van der Waals surface area contributed by atoms with Crippen LogP contribution >= 0.6 is 22.6 Å². The van der Waals surface area contributed by atoms with E-state index in [-0.39, 0.29) is 11.7 Å². The number of nitrogens with zero attached hydrogens (tertiary/aromatic N) is 1. The first-order valence-electron chi connectivity index (χ1n) is 6.28. The quantitative estimate of drug-likeness (QED) is 0.822. The van der Waals surface area contributed by atoms with Crippen LogP contribution < -0.4 is 5.32 Å². The van der Waals surface area contributed by atoms with Gasteiger partial charge in [0.1, 0.15) is 5.82 Å². The lowest BCUT2D eigenvalue weighted by atomic mass is 10.1. The Kier molecular flexibility index (Phi) is 5.05. The number of benzene rings is 1. The largest absolute Gasteiger partial charge is 0.346 e. The number of carbonyl (C=O) groups excluding carboxylic acids is 1. The molecule has 0 unspecified atom stereocenters. The topological polar surface area (TPSA) is 42.0 Å². The van der Waals surface area contributed by atoms with Gasteiger partial charge in [-0.25, -0.2) is 4.39 Å². The van der Waals surface area contributed by atoms with Gasteiger partial charge in [-0.15, -0.1) is 0 Å².